The zero-order valence-electron chi connectivity index (χ0n) is 17.2. The van der Waals surface area contributed by atoms with Gasteiger partial charge in [-0.1, -0.05) is 70.4 Å². The minimum absolute atomic E-state index is 0.0981. The third-order valence-electron chi connectivity index (χ3n) is 5.22. The highest BCUT2D eigenvalue weighted by atomic mass is 16.6. The topological polar surface area (TPSA) is 79.2 Å². The van der Waals surface area contributed by atoms with E-state index in [1.54, 1.807) is 0 Å². The second-order valence-electron chi connectivity index (χ2n) is 7.68. The summed E-state index contributed by atoms with van der Waals surface area (Å²) in [5.41, 5.74) is 0. The van der Waals surface area contributed by atoms with E-state index < -0.39 is 24.4 Å². The number of allylic oxidation sites excluding steroid dienone is 2. The summed E-state index contributed by atoms with van der Waals surface area (Å²) >= 11 is 0. The van der Waals surface area contributed by atoms with E-state index in [1.165, 1.54) is 64.2 Å². The molecule has 1 saturated heterocycles. The van der Waals surface area contributed by atoms with Crippen LogP contribution in [-0.2, 0) is 9.47 Å². The number of aliphatic hydroxyl groups excluding tert-OH is 3. The summed E-state index contributed by atoms with van der Waals surface area (Å²) in [6.45, 7) is 2.68. The molecular formula is C22H42O5. The van der Waals surface area contributed by atoms with Gasteiger partial charge in [-0.05, 0) is 25.7 Å². The average molecular weight is 387 g/mol. The molecule has 3 N–H and O–H groups in total. The monoisotopic (exact) mass is 386 g/mol. The molecule has 0 radical (unpaired) electrons. The molecule has 1 fully saturated rings. The van der Waals surface area contributed by atoms with Crippen molar-refractivity contribution in [3.8, 4) is 0 Å². The van der Waals surface area contributed by atoms with E-state index in [-0.39, 0.29) is 13.2 Å². The lowest BCUT2D eigenvalue weighted by atomic mass is 10.1. The van der Waals surface area contributed by atoms with Crippen molar-refractivity contribution in [1.29, 1.82) is 0 Å². The Kier molecular flexibility index (Phi) is 15.0. The normalized spacial score (nSPS) is 24.1. The maximum atomic E-state index is 9.81. The molecule has 0 aliphatic carbocycles. The van der Waals surface area contributed by atoms with Crippen LogP contribution in [0.15, 0.2) is 12.2 Å². The first-order valence-electron chi connectivity index (χ1n) is 11.1. The zero-order valence-corrected chi connectivity index (χ0v) is 17.2. The number of aliphatic hydroxyl groups is 3. The minimum Gasteiger partial charge on any atom is -0.394 e. The van der Waals surface area contributed by atoms with E-state index in [4.69, 9.17) is 9.47 Å². The first-order chi connectivity index (χ1) is 13.2. The average Bonchev–Trinajstić information content (AvgIpc) is 3.00. The third kappa shape index (κ3) is 11.2. The van der Waals surface area contributed by atoms with Gasteiger partial charge in [-0.3, -0.25) is 0 Å². The number of unbranched alkanes of at least 4 members (excludes halogenated alkanes) is 10. The summed E-state index contributed by atoms with van der Waals surface area (Å²) in [5, 5.41) is 28.7. The first-order valence-corrected chi connectivity index (χ1v) is 11.1. The Bertz CT molecular complexity index is 361. The zero-order chi connectivity index (χ0) is 19.7. The standard InChI is InChI=1S/C22H42O5/c1-2-3-4-5-6-7-8-9-10-11-12-13-14-15-16-26-20(17-23)22-21(25)19(24)18-27-22/h5-6,19-25H,2-4,7-18H2,1H3/b6-5+/t19-,20+,21-,22-/m0/s1. The van der Waals surface area contributed by atoms with Crippen molar-refractivity contribution in [3.05, 3.63) is 12.2 Å². The van der Waals surface area contributed by atoms with Crippen molar-refractivity contribution in [2.75, 3.05) is 19.8 Å². The molecule has 0 saturated carbocycles. The second kappa shape index (κ2) is 16.5. The molecule has 0 aromatic rings. The van der Waals surface area contributed by atoms with Crippen molar-refractivity contribution in [2.24, 2.45) is 0 Å². The van der Waals surface area contributed by atoms with E-state index in [1.807, 2.05) is 0 Å². The predicted octanol–water partition coefficient (Wildman–Crippen LogP) is 3.74. The maximum Gasteiger partial charge on any atom is 0.114 e. The summed E-state index contributed by atoms with van der Waals surface area (Å²) in [6, 6.07) is 0. The summed E-state index contributed by atoms with van der Waals surface area (Å²) in [5.74, 6) is 0. The van der Waals surface area contributed by atoms with Crippen LogP contribution in [0.4, 0.5) is 0 Å². The molecule has 27 heavy (non-hydrogen) atoms. The Hall–Kier alpha value is -0.460. The van der Waals surface area contributed by atoms with Crippen LogP contribution in [0.3, 0.4) is 0 Å². The number of rotatable bonds is 17. The van der Waals surface area contributed by atoms with Gasteiger partial charge in [0.2, 0.25) is 0 Å². The maximum absolute atomic E-state index is 9.81. The van der Waals surface area contributed by atoms with E-state index in [0.29, 0.717) is 6.61 Å². The Morgan fingerprint density at radius 1 is 0.926 bits per heavy atom. The first kappa shape index (κ1) is 24.6. The predicted molar refractivity (Wildman–Crippen MR) is 109 cm³/mol. The van der Waals surface area contributed by atoms with Crippen molar-refractivity contribution < 1.29 is 24.8 Å². The lowest BCUT2D eigenvalue weighted by Crippen LogP contribution is -2.42. The fourth-order valence-electron chi connectivity index (χ4n) is 3.42. The van der Waals surface area contributed by atoms with Gasteiger partial charge < -0.3 is 24.8 Å². The van der Waals surface area contributed by atoms with Gasteiger partial charge in [0.1, 0.15) is 24.4 Å². The smallest absolute Gasteiger partial charge is 0.114 e. The van der Waals surface area contributed by atoms with Crippen LogP contribution >= 0.6 is 0 Å². The van der Waals surface area contributed by atoms with Gasteiger partial charge in [0.15, 0.2) is 0 Å². The quantitative estimate of drug-likeness (QED) is 0.262. The summed E-state index contributed by atoms with van der Waals surface area (Å²) in [6.07, 6.45) is 16.5. The molecule has 1 aliphatic heterocycles. The Morgan fingerprint density at radius 3 is 2.07 bits per heavy atom. The highest BCUT2D eigenvalue weighted by Gasteiger charge is 2.40. The summed E-state index contributed by atoms with van der Waals surface area (Å²) < 4.78 is 11.0. The molecule has 0 aromatic heterocycles. The molecule has 0 spiro atoms. The summed E-state index contributed by atoms with van der Waals surface area (Å²) in [4.78, 5) is 0. The Morgan fingerprint density at radius 2 is 1.52 bits per heavy atom. The molecule has 4 atom stereocenters. The molecule has 0 bridgehead atoms. The molecule has 1 aliphatic rings. The van der Waals surface area contributed by atoms with Crippen LogP contribution in [0, 0.1) is 0 Å². The van der Waals surface area contributed by atoms with Crippen LogP contribution in [0.2, 0.25) is 0 Å². The van der Waals surface area contributed by atoms with E-state index in [0.717, 1.165) is 12.8 Å². The van der Waals surface area contributed by atoms with Gasteiger partial charge in [0, 0.05) is 6.61 Å². The third-order valence-corrected chi connectivity index (χ3v) is 5.22. The molecule has 0 unspecified atom stereocenters. The van der Waals surface area contributed by atoms with Crippen LogP contribution < -0.4 is 0 Å². The van der Waals surface area contributed by atoms with E-state index in [2.05, 4.69) is 19.1 Å². The highest BCUT2D eigenvalue weighted by molar-refractivity contribution is 4.88. The summed E-state index contributed by atoms with van der Waals surface area (Å²) in [7, 11) is 0. The van der Waals surface area contributed by atoms with Crippen molar-refractivity contribution in [1.82, 2.24) is 0 Å². The van der Waals surface area contributed by atoms with Crippen LogP contribution in [0.25, 0.3) is 0 Å². The molecule has 160 valence electrons. The Labute approximate surface area is 165 Å². The van der Waals surface area contributed by atoms with Gasteiger partial charge in [0.05, 0.1) is 13.2 Å². The fraction of sp³-hybridized carbons (Fsp3) is 0.909. The van der Waals surface area contributed by atoms with Gasteiger partial charge in [-0.25, -0.2) is 0 Å². The second-order valence-corrected chi connectivity index (χ2v) is 7.68. The van der Waals surface area contributed by atoms with Crippen LogP contribution in [0.5, 0.6) is 0 Å². The lowest BCUT2D eigenvalue weighted by Gasteiger charge is -2.24. The molecule has 0 aromatic carbocycles. The number of hydrogen-bond donors (Lipinski definition) is 3. The Balaban J connectivity index is 1.88. The van der Waals surface area contributed by atoms with E-state index >= 15 is 0 Å². The number of ether oxygens (including phenoxy) is 2. The molecule has 5 nitrogen and oxygen atoms in total. The van der Waals surface area contributed by atoms with Crippen molar-refractivity contribution in [3.63, 3.8) is 0 Å². The molecule has 5 heteroatoms. The molecule has 0 amide bonds. The van der Waals surface area contributed by atoms with Gasteiger partial charge in [0.25, 0.3) is 0 Å². The van der Waals surface area contributed by atoms with E-state index in [9.17, 15) is 15.3 Å². The highest BCUT2D eigenvalue weighted by Crippen LogP contribution is 2.20. The molecular weight excluding hydrogens is 344 g/mol. The van der Waals surface area contributed by atoms with Crippen molar-refractivity contribution >= 4 is 0 Å². The molecule has 1 heterocycles. The minimum atomic E-state index is -0.978. The van der Waals surface area contributed by atoms with Crippen LogP contribution in [0.1, 0.15) is 84.0 Å². The lowest BCUT2D eigenvalue weighted by molar-refractivity contribution is -0.101. The van der Waals surface area contributed by atoms with Crippen molar-refractivity contribution in [2.45, 2.75) is 108 Å². The largest absolute Gasteiger partial charge is 0.394 e. The molecule has 1 rings (SSSR count). The van der Waals surface area contributed by atoms with Gasteiger partial charge in [-0.15, -0.1) is 0 Å². The van der Waals surface area contributed by atoms with Gasteiger partial charge >= 0.3 is 0 Å². The number of hydrogen-bond acceptors (Lipinski definition) is 5. The fourth-order valence-corrected chi connectivity index (χ4v) is 3.42. The van der Waals surface area contributed by atoms with Gasteiger partial charge in [-0.2, -0.15) is 0 Å². The van der Waals surface area contributed by atoms with Crippen LogP contribution in [-0.4, -0.2) is 59.6 Å². The SMILES string of the molecule is CCCC/C=C/CCCCCCCCCCO[C@H](CO)[C@@H]1OC[C@H](O)[C@@H]1O.